The molecule has 8 nitrogen and oxygen atoms in total. The molecule has 1 saturated carbocycles. The van der Waals surface area contributed by atoms with Crippen LogP contribution in [0.2, 0.25) is 0 Å². The second kappa shape index (κ2) is 8.05. The minimum absolute atomic E-state index is 0.127. The van der Waals surface area contributed by atoms with Crippen LogP contribution >= 0.6 is 0 Å². The normalized spacial score (nSPS) is 28.9. The van der Waals surface area contributed by atoms with Gasteiger partial charge in [0, 0.05) is 57.6 Å². The number of likely N-dealkylation sites (tertiary alicyclic amines) is 2. The van der Waals surface area contributed by atoms with E-state index in [1.54, 1.807) is 0 Å². The fraction of sp³-hybridized carbons (Fsp3) is 0.810. The van der Waals surface area contributed by atoms with Gasteiger partial charge in [0.25, 0.3) is 0 Å². The molecule has 0 aromatic carbocycles. The van der Waals surface area contributed by atoms with Crippen molar-refractivity contribution in [3.8, 4) is 0 Å². The zero-order valence-corrected chi connectivity index (χ0v) is 16.9. The molecule has 5 rings (SSSR count). The lowest BCUT2D eigenvalue weighted by Gasteiger charge is -2.34. The molecule has 29 heavy (non-hydrogen) atoms. The van der Waals surface area contributed by atoms with E-state index in [2.05, 4.69) is 10.1 Å². The first-order valence-electron chi connectivity index (χ1n) is 11.2. The Kier molecular flexibility index (Phi) is 5.28. The highest BCUT2D eigenvalue weighted by molar-refractivity contribution is 5.89. The summed E-state index contributed by atoms with van der Waals surface area (Å²) in [6.07, 6.45) is 7.24. The van der Waals surface area contributed by atoms with Crippen molar-refractivity contribution in [2.24, 2.45) is 11.8 Å². The molecule has 158 valence electrons. The van der Waals surface area contributed by atoms with Crippen molar-refractivity contribution in [3.05, 3.63) is 11.7 Å². The standard InChI is InChI=1S/C21H30N4O4/c26-19-11-16(13-25(19)17-5-8-28-9-6-17)21(27)24-7-1-2-14(12-24)10-18-22-20(23-29-18)15-3-4-15/h14-17H,1-13H2. The van der Waals surface area contributed by atoms with Crippen LogP contribution in [-0.2, 0) is 20.7 Å². The fourth-order valence-corrected chi connectivity index (χ4v) is 5.04. The van der Waals surface area contributed by atoms with Gasteiger partial charge >= 0.3 is 0 Å². The molecule has 4 heterocycles. The number of amides is 2. The number of hydrogen-bond donors (Lipinski definition) is 0. The Hall–Kier alpha value is -1.96. The molecule has 1 aliphatic carbocycles. The molecule has 8 heteroatoms. The minimum atomic E-state index is -0.200. The quantitative estimate of drug-likeness (QED) is 0.746. The smallest absolute Gasteiger partial charge is 0.228 e. The number of nitrogens with zero attached hydrogens (tertiary/aromatic N) is 4. The number of hydrogen-bond acceptors (Lipinski definition) is 6. The number of piperidine rings is 1. The summed E-state index contributed by atoms with van der Waals surface area (Å²) in [6, 6.07) is 0.237. The summed E-state index contributed by atoms with van der Waals surface area (Å²) in [5.74, 6) is 2.46. The summed E-state index contributed by atoms with van der Waals surface area (Å²) in [7, 11) is 0. The van der Waals surface area contributed by atoms with E-state index >= 15 is 0 Å². The van der Waals surface area contributed by atoms with E-state index in [0.29, 0.717) is 43.9 Å². The second-order valence-corrected chi connectivity index (χ2v) is 9.11. The van der Waals surface area contributed by atoms with Crippen LogP contribution in [0.1, 0.15) is 62.6 Å². The topological polar surface area (TPSA) is 88.8 Å². The largest absolute Gasteiger partial charge is 0.381 e. The fourth-order valence-electron chi connectivity index (χ4n) is 5.04. The Bertz CT molecular complexity index is 756. The number of aromatic nitrogens is 2. The van der Waals surface area contributed by atoms with Gasteiger partial charge in [0.15, 0.2) is 5.82 Å². The third kappa shape index (κ3) is 4.17. The van der Waals surface area contributed by atoms with Gasteiger partial charge in [-0.1, -0.05) is 5.16 Å². The van der Waals surface area contributed by atoms with Crippen molar-refractivity contribution < 1.29 is 18.8 Å². The highest BCUT2D eigenvalue weighted by atomic mass is 16.5. The highest BCUT2D eigenvalue weighted by Gasteiger charge is 2.40. The molecule has 3 saturated heterocycles. The first-order valence-corrected chi connectivity index (χ1v) is 11.2. The Morgan fingerprint density at radius 1 is 1.10 bits per heavy atom. The van der Waals surface area contributed by atoms with Crippen LogP contribution in [0.3, 0.4) is 0 Å². The molecule has 4 fully saturated rings. The van der Waals surface area contributed by atoms with Crippen molar-refractivity contribution >= 4 is 11.8 Å². The van der Waals surface area contributed by atoms with Crippen LogP contribution in [0.15, 0.2) is 4.52 Å². The molecule has 1 aromatic rings. The highest BCUT2D eigenvalue weighted by Crippen LogP contribution is 2.38. The predicted molar refractivity (Wildman–Crippen MR) is 103 cm³/mol. The molecule has 0 N–H and O–H groups in total. The summed E-state index contributed by atoms with van der Waals surface area (Å²) in [5, 5.41) is 4.10. The zero-order valence-electron chi connectivity index (χ0n) is 16.9. The van der Waals surface area contributed by atoms with Crippen LogP contribution in [0, 0.1) is 11.8 Å². The van der Waals surface area contributed by atoms with Crippen molar-refractivity contribution in [1.82, 2.24) is 19.9 Å². The lowest BCUT2D eigenvalue weighted by Crippen LogP contribution is -2.45. The van der Waals surface area contributed by atoms with Gasteiger partial charge in [-0.25, -0.2) is 0 Å². The average Bonchev–Trinajstić information content (AvgIpc) is 3.38. The Morgan fingerprint density at radius 3 is 2.72 bits per heavy atom. The molecule has 0 bridgehead atoms. The van der Waals surface area contributed by atoms with Gasteiger partial charge in [0.2, 0.25) is 17.7 Å². The van der Waals surface area contributed by atoms with E-state index < -0.39 is 0 Å². The maximum atomic E-state index is 13.1. The maximum absolute atomic E-state index is 13.1. The first-order chi connectivity index (χ1) is 14.2. The SMILES string of the molecule is O=C(C1CC(=O)N(C2CCOCC2)C1)N1CCCC(Cc2nc(C3CC3)no2)C1. The van der Waals surface area contributed by atoms with Crippen molar-refractivity contribution in [3.63, 3.8) is 0 Å². The lowest BCUT2D eigenvalue weighted by molar-refractivity contribution is -0.137. The molecule has 2 amide bonds. The number of ether oxygens (including phenoxy) is 1. The van der Waals surface area contributed by atoms with Crippen LogP contribution < -0.4 is 0 Å². The molecule has 0 radical (unpaired) electrons. The van der Waals surface area contributed by atoms with E-state index in [1.807, 2.05) is 9.80 Å². The minimum Gasteiger partial charge on any atom is -0.381 e. The molecule has 0 spiro atoms. The predicted octanol–water partition coefficient (Wildman–Crippen LogP) is 1.76. The van der Waals surface area contributed by atoms with Gasteiger partial charge < -0.3 is 19.1 Å². The summed E-state index contributed by atoms with van der Waals surface area (Å²) < 4.78 is 10.8. The maximum Gasteiger partial charge on any atom is 0.228 e. The van der Waals surface area contributed by atoms with Crippen LogP contribution in [0.25, 0.3) is 0 Å². The molecular formula is C21H30N4O4. The number of carbonyl (C=O) groups excluding carboxylic acids is 2. The molecule has 2 atom stereocenters. The van der Waals surface area contributed by atoms with Gasteiger partial charge in [-0.15, -0.1) is 0 Å². The van der Waals surface area contributed by atoms with Crippen LogP contribution in [0.4, 0.5) is 0 Å². The number of rotatable bonds is 5. The summed E-state index contributed by atoms with van der Waals surface area (Å²) in [5.41, 5.74) is 0. The molecular weight excluding hydrogens is 372 g/mol. The van der Waals surface area contributed by atoms with E-state index in [1.165, 1.54) is 0 Å². The van der Waals surface area contributed by atoms with E-state index in [-0.39, 0.29) is 23.8 Å². The second-order valence-electron chi connectivity index (χ2n) is 9.11. The van der Waals surface area contributed by atoms with Crippen molar-refractivity contribution in [2.45, 2.75) is 63.3 Å². The van der Waals surface area contributed by atoms with E-state index in [4.69, 9.17) is 9.26 Å². The molecule has 4 aliphatic rings. The number of carbonyl (C=O) groups is 2. The van der Waals surface area contributed by atoms with Gasteiger partial charge in [-0.2, -0.15) is 4.98 Å². The van der Waals surface area contributed by atoms with Crippen molar-refractivity contribution in [2.75, 3.05) is 32.8 Å². The Balaban J connectivity index is 1.16. The molecule has 1 aromatic heterocycles. The van der Waals surface area contributed by atoms with Gasteiger partial charge in [0.05, 0.1) is 5.92 Å². The van der Waals surface area contributed by atoms with Crippen LogP contribution in [0.5, 0.6) is 0 Å². The first kappa shape index (κ1) is 19.0. The third-order valence-corrected chi connectivity index (χ3v) is 6.86. The zero-order chi connectivity index (χ0) is 19.8. The van der Waals surface area contributed by atoms with Crippen LogP contribution in [-0.4, -0.2) is 70.6 Å². The lowest BCUT2D eigenvalue weighted by atomic mass is 9.93. The summed E-state index contributed by atoms with van der Waals surface area (Å²) in [4.78, 5) is 34.1. The molecule has 3 aliphatic heterocycles. The van der Waals surface area contributed by atoms with E-state index in [0.717, 1.165) is 63.9 Å². The monoisotopic (exact) mass is 402 g/mol. The molecule has 2 unspecified atom stereocenters. The van der Waals surface area contributed by atoms with Gasteiger partial charge in [-0.3, -0.25) is 9.59 Å². The summed E-state index contributed by atoms with van der Waals surface area (Å²) in [6.45, 7) is 3.49. The van der Waals surface area contributed by atoms with Crippen molar-refractivity contribution in [1.29, 1.82) is 0 Å². The van der Waals surface area contributed by atoms with Gasteiger partial charge in [0.1, 0.15) is 0 Å². The van der Waals surface area contributed by atoms with Gasteiger partial charge in [-0.05, 0) is 44.4 Å². The summed E-state index contributed by atoms with van der Waals surface area (Å²) >= 11 is 0. The third-order valence-electron chi connectivity index (χ3n) is 6.86. The van der Waals surface area contributed by atoms with E-state index in [9.17, 15) is 9.59 Å². The average molecular weight is 402 g/mol. The Morgan fingerprint density at radius 2 is 1.93 bits per heavy atom. The Labute approximate surface area is 170 Å².